The number of carbonyl (C=O) groups excluding carboxylic acids is 1. The highest BCUT2D eigenvalue weighted by atomic mass is 16.2. The third-order valence-corrected chi connectivity index (χ3v) is 3.37. The largest absolute Gasteiger partial charge is 0.340 e. The molecule has 0 spiro atoms. The summed E-state index contributed by atoms with van der Waals surface area (Å²) in [5, 5.41) is 0. The minimum absolute atomic E-state index is 0.0471. The molecule has 1 aliphatic rings. The molecule has 1 fully saturated rings. The minimum Gasteiger partial charge on any atom is -0.340 e. The van der Waals surface area contributed by atoms with Crippen LogP contribution in [0.3, 0.4) is 0 Å². The highest BCUT2D eigenvalue weighted by Crippen LogP contribution is 2.14. The van der Waals surface area contributed by atoms with E-state index in [2.05, 4.69) is 10.8 Å². The predicted molar refractivity (Wildman–Crippen MR) is 69.2 cm³/mol. The van der Waals surface area contributed by atoms with Crippen LogP contribution in [0.2, 0.25) is 0 Å². The Morgan fingerprint density at radius 3 is 2.35 bits per heavy atom. The number of hydrogen-bond acceptors (Lipinski definition) is 3. The molecule has 17 heavy (non-hydrogen) atoms. The second kappa shape index (κ2) is 6.63. The quantitative estimate of drug-likeness (QED) is 0.700. The van der Waals surface area contributed by atoms with Gasteiger partial charge in [0.1, 0.15) is 0 Å². The molecule has 1 amide bonds. The van der Waals surface area contributed by atoms with E-state index in [1.807, 2.05) is 18.7 Å². The van der Waals surface area contributed by atoms with Crippen molar-refractivity contribution >= 4 is 5.91 Å². The summed E-state index contributed by atoms with van der Waals surface area (Å²) in [6.45, 7) is 8.46. The van der Waals surface area contributed by atoms with Gasteiger partial charge in [-0.2, -0.15) is 0 Å². The van der Waals surface area contributed by atoms with Crippen LogP contribution >= 0.6 is 0 Å². The molecule has 4 heteroatoms. The Morgan fingerprint density at radius 1 is 1.35 bits per heavy atom. The van der Waals surface area contributed by atoms with Gasteiger partial charge in [-0.05, 0) is 5.92 Å². The molecule has 1 aliphatic heterocycles. The van der Waals surface area contributed by atoms with Crippen LogP contribution in [0.15, 0.2) is 0 Å². The molecule has 0 aromatic carbocycles. The topological polar surface area (TPSA) is 49.6 Å². The van der Waals surface area contributed by atoms with E-state index in [0.717, 1.165) is 26.2 Å². The zero-order chi connectivity index (χ0) is 12.8. The van der Waals surface area contributed by atoms with Crippen molar-refractivity contribution in [3.8, 4) is 12.3 Å². The minimum atomic E-state index is -0.0471. The first-order chi connectivity index (χ1) is 8.10. The fourth-order valence-electron chi connectivity index (χ4n) is 2.15. The maximum absolute atomic E-state index is 12.2. The summed E-state index contributed by atoms with van der Waals surface area (Å²) in [5.41, 5.74) is 5.67. The molecule has 0 aliphatic carbocycles. The van der Waals surface area contributed by atoms with Gasteiger partial charge >= 0.3 is 0 Å². The van der Waals surface area contributed by atoms with E-state index in [1.54, 1.807) is 0 Å². The van der Waals surface area contributed by atoms with E-state index >= 15 is 0 Å². The number of terminal acetylenes is 1. The maximum Gasteiger partial charge on any atom is 0.227 e. The fraction of sp³-hybridized carbons (Fsp3) is 0.769. The highest BCUT2D eigenvalue weighted by Gasteiger charge is 2.28. The average molecular weight is 237 g/mol. The van der Waals surface area contributed by atoms with Crippen molar-refractivity contribution in [1.82, 2.24) is 9.80 Å². The standard InChI is InChI=1S/C13H23N3O/c1-4-5-15-6-8-16(9-7-15)13(17)12(10-14)11(2)3/h1,11-12H,5-10,14H2,2-3H3. The lowest BCUT2D eigenvalue weighted by Gasteiger charge is -2.36. The third kappa shape index (κ3) is 3.72. The van der Waals surface area contributed by atoms with Crippen molar-refractivity contribution in [2.45, 2.75) is 13.8 Å². The van der Waals surface area contributed by atoms with Gasteiger partial charge in [0.15, 0.2) is 0 Å². The molecular formula is C13H23N3O. The Labute approximate surface area is 104 Å². The molecule has 0 aromatic heterocycles. The molecule has 1 rings (SSSR count). The van der Waals surface area contributed by atoms with Crippen LogP contribution in [0.5, 0.6) is 0 Å². The Bertz CT molecular complexity index is 288. The molecule has 96 valence electrons. The van der Waals surface area contributed by atoms with Crippen LogP contribution in [0, 0.1) is 24.2 Å². The molecule has 4 nitrogen and oxygen atoms in total. The van der Waals surface area contributed by atoms with Crippen molar-refractivity contribution < 1.29 is 4.79 Å². The summed E-state index contributed by atoms with van der Waals surface area (Å²) in [7, 11) is 0. The summed E-state index contributed by atoms with van der Waals surface area (Å²) in [6.07, 6.45) is 5.27. The van der Waals surface area contributed by atoms with Crippen molar-refractivity contribution in [3.05, 3.63) is 0 Å². The molecule has 0 aromatic rings. The molecule has 0 saturated carbocycles. The van der Waals surface area contributed by atoms with Crippen molar-refractivity contribution in [2.75, 3.05) is 39.3 Å². The SMILES string of the molecule is C#CCN1CCN(C(=O)C(CN)C(C)C)CC1. The summed E-state index contributed by atoms with van der Waals surface area (Å²) in [6, 6.07) is 0. The first kappa shape index (κ1) is 14.0. The van der Waals surface area contributed by atoms with E-state index in [4.69, 9.17) is 12.2 Å². The van der Waals surface area contributed by atoms with Gasteiger partial charge in [0.2, 0.25) is 5.91 Å². The second-order valence-corrected chi connectivity index (χ2v) is 4.89. The summed E-state index contributed by atoms with van der Waals surface area (Å²) in [4.78, 5) is 16.3. The molecule has 1 unspecified atom stereocenters. The number of nitrogens with two attached hydrogens (primary N) is 1. The molecule has 0 radical (unpaired) electrons. The Kier molecular flexibility index (Phi) is 5.46. The zero-order valence-corrected chi connectivity index (χ0v) is 10.9. The number of amides is 1. The third-order valence-electron chi connectivity index (χ3n) is 3.37. The molecule has 2 N–H and O–H groups in total. The summed E-state index contributed by atoms with van der Waals surface area (Å²) < 4.78 is 0. The number of piperazine rings is 1. The van der Waals surface area contributed by atoms with Crippen molar-refractivity contribution in [2.24, 2.45) is 17.6 Å². The predicted octanol–water partition coefficient (Wildman–Crippen LogP) is -0.00530. The first-order valence-electron chi connectivity index (χ1n) is 6.24. The number of carbonyl (C=O) groups is 1. The van der Waals surface area contributed by atoms with Gasteiger partial charge < -0.3 is 10.6 Å². The Hall–Kier alpha value is -1.05. The highest BCUT2D eigenvalue weighted by molar-refractivity contribution is 5.79. The van der Waals surface area contributed by atoms with Gasteiger partial charge in [-0.15, -0.1) is 6.42 Å². The van der Waals surface area contributed by atoms with Gasteiger partial charge in [-0.1, -0.05) is 19.8 Å². The molecule has 1 saturated heterocycles. The Balaban J connectivity index is 2.48. The van der Waals surface area contributed by atoms with Gasteiger partial charge in [0, 0.05) is 32.7 Å². The normalized spacial score (nSPS) is 19.1. The molecule has 1 atom stereocenters. The van der Waals surface area contributed by atoms with E-state index in [9.17, 15) is 4.79 Å². The lowest BCUT2D eigenvalue weighted by molar-refractivity contribution is -0.138. The molecule has 1 heterocycles. The van der Waals surface area contributed by atoms with Crippen LogP contribution in [0.25, 0.3) is 0 Å². The molecular weight excluding hydrogens is 214 g/mol. The fourth-order valence-corrected chi connectivity index (χ4v) is 2.15. The van der Waals surface area contributed by atoms with E-state index in [0.29, 0.717) is 19.0 Å². The smallest absolute Gasteiger partial charge is 0.227 e. The average Bonchev–Trinajstić information content (AvgIpc) is 2.30. The monoisotopic (exact) mass is 237 g/mol. The summed E-state index contributed by atoms with van der Waals surface area (Å²) in [5.74, 6) is 3.09. The van der Waals surface area contributed by atoms with Gasteiger partial charge in [0.25, 0.3) is 0 Å². The first-order valence-corrected chi connectivity index (χ1v) is 6.24. The lowest BCUT2D eigenvalue weighted by atomic mass is 9.94. The second-order valence-electron chi connectivity index (χ2n) is 4.89. The van der Waals surface area contributed by atoms with Gasteiger partial charge in [-0.25, -0.2) is 0 Å². The van der Waals surface area contributed by atoms with E-state index in [-0.39, 0.29) is 11.8 Å². The lowest BCUT2D eigenvalue weighted by Crippen LogP contribution is -2.51. The van der Waals surface area contributed by atoms with Crippen LogP contribution in [0.1, 0.15) is 13.8 Å². The van der Waals surface area contributed by atoms with Crippen molar-refractivity contribution in [3.63, 3.8) is 0 Å². The summed E-state index contributed by atoms with van der Waals surface area (Å²) >= 11 is 0. The number of hydrogen-bond donors (Lipinski definition) is 1. The van der Waals surface area contributed by atoms with Gasteiger partial charge in [-0.3, -0.25) is 9.69 Å². The number of rotatable bonds is 4. The Morgan fingerprint density at radius 2 is 1.94 bits per heavy atom. The van der Waals surface area contributed by atoms with Crippen LogP contribution < -0.4 is 5.73 Å². The van der Waals surface area contributed by atoms with Gasteiger partial charge in [0.05, 0.1) is 12.5 Å². The zero-order valence-electron chi connectivity index (χ0n) is 10.9. The maximum atomic E-state index is 12.2. The van der Waals surface area contributed by atoms with E-state index < -0.39 is 0 Å². The van der Waals surface area contributed by atoms with Crippen LogP contribution in [0.4, 0.5) is 0 Å². The molecule has 0 bridgehead atoms. The van der Waals surface area contributed by atoms with Crippen LogP contribution in [-0.2, 0) is 4.79 Å². The van der Waals surface area contributed by atoms with Crippen LogP contribution in [-0.4, -0.2) is 55.0 Å². The number of nitrogens with zero attached hydrogens (tertiary/aromatic N) is 2. The van der Waals surface area contributed by atoms with Crippen molar-refractivity contribution in [1.29, 1.82) is 0 Å². The van der Waals surface area contributed by atoms with E-state index in [1.165, 1.54) is 0 Å².